The van der Waals surface area contributed by atoms with Gasteiger partial charge in [-0.3, -0.25) is 9.59 Å². The van der Waals surface area contributed by atoms with Crippen LogP contribution in [-0.4, -0.2) is 57.0 Å². The number of ether oxygens (including phenoxy) is 1. The summed E-state index contributed by atoms with van der Waals surface area (Å²) in [5, 5.41) is 27.9. The number of rotatable bonds is 1. The molecule has 2 atom stereocenters. The minimum atomic E-state index is -1.83. The van der Waals surface area contributed by atoms with Crippen molar-refractivity contribution >= 4 is 23.9 Å². The number of Topliss-reactive ketones (excluding diaryl/α,β-unsaturated/α-hetero) is 2. The van der Waals surface area contributed by atoms with E-state index in [0.717, 1.165) is 32.3 Å². The highest BCUT2D eigenvalue weighted by atomic mass is 16.6. The number of carbonyl (C=O) groups is 4. The summed E-state index contributed by atoms with van der Waals surface area (Å²) in [6.07, 6.45) is 0.334. The van der Waals surface area contributed by atoms with Crippen molar-refractivity contribution in [3.63, 3.8) is 0 Å². The van der Waals surface area contributed by atoms with Gasteiger partial charge in [-0.2, -0.15) is 0 Å². The molecular weight excluding hydrogens is 300 g/mol. The van der Waals surface area contributed by atoms with Crippen LogP contribution >= 0.6 is 0 Å². The molecule has 2 unspecified atom stereocenters. The first-order valence-corrected chi connectivity index (χ1v) is 6.64. The summed E-state index contributed by atoms with van der Waals surface area (Å²) in [6, 6.07) is 0. The van der Waals surface area contributed by atoms with E-state index < -0.39 is 17.7 Å². The van der Waals surface area contributed by atoms with Crippen molar-refractivity contribution in [1.82, 2.24) is 0 Å². The quantitative estimate of drug-likeness (QED) is 0.529. The Morgan fingerprint density at radius 3 is 2.00 bits per heavy atom. The number of hydrogen-bond donors (Lipinski definition) is 4. The number of carboxylic acid groups (broad SMARTS) is 4. The van der Waals surface area contributed by atoms with E-state index in [1.54, 1.807) is 0 Å². The van der Waals surface area contributed by atoms with Gasteiger partial charge < -0.3 is 25.2 Å². The second-order valence-electron chi connectivity index (χ2n) is 5.09. The minimum absolute atomic E-state index is 0.0146. The molecular formula is C13H20O9. The maximum atomic E-state index is 11.8. The van der Waals surface area contributed by atoms with Crippen LogP contribution in [0.15, 0.2) is 0 Å². The van der Waals surface area contributed by atoms with Crippen LogP contribution in [0.4, 0.5) is 9.59 Å². The first-order chi connectivity index (χ1) is 10.1. The van der Waals surface area contributed by atoms with Gasteiger partial charge in [0.15, 0.2) is 5.78 Å². The standard InChI is InChI=1S/C11H16O3.2CH2O3/c1-11(9-5-3-7-14-9)6-2-4-8(12)10(11)13;2*2-1(3)4/h9H,2-7H2,1H3;2*(H2,2,3,4). The maximum absolute atomic E-state index is 11.8. The number of hydrogen-bond acceptors (Lipinski definition) is 5. The molecule has 2 rings (SSSR count). The van der Waals surface area contributed by atoms with Crippen molar-refractivity contribution in [2.24, 2.45) is 5.41 Å². The molecule has 0 aromatic carbocycles. The zero-order valence-corrected chi connectivity index (χ0v) is 12.2. The third-order valence-electron chi connectivity index (χ3n) is 3.51. The lowest BCUT2D eigenvalue weighted by Crippen LogP contribution is -2.46. The Morgan fingerprint density at radius 1 is 1.09 bits per heavy atom. The molecule has 1 saturated carbocycles. The highest BCUT2D eigenvalue weighted by Gasteiger charge is 2.47. The van der Waals surface area contributed by atoms with Crippen LogP contribution < -0.4 is 0 Å². The molecule has 0 aromatic heterocycles. The fourth-order valence-corrected chi connectivity index (χ4v) is 2.55. The van der Waals surface area contributed by atoms with Gasteiger partial charge in [0.05, 0.1) is 11.5 Å². The Morgan fingerprint density at radius 2 is 1.59 bits per heavy atom. The monoisotopic (exact) mass is 320 g/mol. The first kappa shape index (κ1) is 19.8. The van der Waals surface area contributed by atoms with Gasteiger partial charge in [0.1, 0.15) is 0 Å². The van der Waals surface area contributed by atoms with Crippen molar-refractivity contribution in [2.45, 2.75) is 45.1 Å². The topological polar surface area (TPSA) is 158 Å². The largest absolute Gasteiger partial charge is 0.503 e. The van der Waals surface area contributed by atoms with Crippen molar-refractivity contribution in [1.29, 1.82) is 0 Å². The molecule has 0 aromatic rings. The number of carbonyl (C=O) groups excluding carboxylic acids is 2. The first-order valence-electron chi connectivity index (χ1n) is 6.64. The van der Waals surface area contributed by atoms with Crippen molar-refractivity contribution in [3.05, 3.63) is 0 Å². The lowest BCUT2D eigenvalue weighted by molar-refractivity contribution is -0.150. The molecule has 1 saturated heterocycles. The summed E-state index contributed by atoms with van der Waals surface area (Å²) >= 11 is 0. The van der Waals surface area contributed by atoms with Gasteiger partial charge in [-0.15, -0.1) is 0 Å². The summed E-state index contributed by atoms with van der Waals surface area (Å²) < 4.78 is 5.54. The second kappa shape index (κ2) is 8.98. The summed E-state index contributed by atoms with van der Waals surface area (Å²) in [6.45, 7) is 2.63. The normalized spacial score (nSPS) is 27.0. The van der Waals surface area contributed by atoms with Crippen LogP contribution in [-0.2, 0) is 14.3 Å². The van der Waals surface area contributed by atoms with Gasteiger partial charge in [-0.25, -0.2) is 9.59 Å². The molecule has 1 heterocycles. The molecule has 2 aliphatic rings. The maximum Gasteiger partial charge on any atom is 0.503 e. The minimum Gasteiger partial charge on any atom is -0.450 e. The van der Waals surface area contributed by atoms with E-state index in [0.29, 0.717) is 6.42 Å². The Bertz CT molecular complexity index is 405. The fraction of sp³-hybridized carbons (Fsp3) is 0.692. The lowest BCUT2D eigenvalue weighted by atomic mass is 9.69. The Balaban J connectivity index is 0.000000464. The molecule has 22 heavy (non-hydrogen) atoms. The molecule has 9 heteroatoms. The molecule has 0 spiro atoms. The molecule has 1 aliphatic carbocycles. The predicted octanol–water partition coefficient (Wildman–Crippen LogP) is 1.94. The second-order valence-corrected chi connectivity index (χ2v) is 5.09. The summed E-state index contributed by atoms with van der Waals surface area (Å²) in [4.78, 5) is 40.3. The van der Waals surface area contributed by atoms with Gasteiger partial charge in [0.2, 0.25) is 5.78 Å². The lowest BCUT2D eigenvalue weighted by Gasteiger charge is -2.35. The van der Waals surface area contributed by atoms with Gasteiger partial charge in [-0.05, 0) is 32.6 Å². The highest BCUT2D eigenvalue weighted by molar-refractivity contribution is 6.39. The third kappa shape index (κ3) is 6.53. The average Bonchev–Trinajstić information content (AvgIpc) is 2.89. The van der Waals surface area contributed by atoms with Gasteiger partial charge in [-0.1, -0.05) is 0 Å². The molecule has 2 fully saturated rings. The van der Waals surface area contributed by atoms with Crippen molar-refractivity contribution in [2.75, 3.05) is 6.61 Å². The summed E-state index contributed by atoms with van der Waals surface area (Å²) in [7, 11) is 0. The summed E-state index contributed by atoms with van der Waals surface area (Å²) in [5.41, 5.74) is -0.522. The van der Waals surface area contributed by atoms with Gasteiger partial charge in [0, 0.05) is 13.0 Å². The number of ketones is 2. The van der Waals surface area contributed by atoms with Gasteiger partial charge >= 0.3 is 12.3 Å². The van der Waals surface area contributed by atoms with E-state index in [-0.39, 0.29) is 17.7 Å². The Hall–Kier alpha value is -2.16. The zero-order chi connectivity index (χ0) is 17.3. The van der Waals surface area contributed by atoms with Crippen LogP contribution in [0.2, 0.25) is 0 Å². The van der Waals surface area contributed by atoms with Crippen LogP contribution in [0.3, 0.4) is 0 Å². The van der Waals surface area contributed by atoms with E-state index in [2.05, 4.69) is 0 Å². The smallest absolute Gasteiger partial charge is 0.450 e. The molecule has 0 amide bonds. The molecule has 9 nitrogen and oxygen atoms in total. The molecule has 1 aliphatic heterocycles. The average molecular weight is 320 g/mol. The molecule has 4 N–H and O–H groups in total. The van der Waals surface area contributed by atoms with Crippen LogP contribution in [0.5, 0.6) is 0 Å². The highest BCUT2D eigenvalue weighted by Crippen LogP contribution is 2.39. The van der Waals surface area contributed by atoms with E-state index >= 15 is 0 Å². The zero-order valence-electron chi connectivity index (χ0n) is 12.2. The van der Waals surface area contributed by atoms with Crippen LogP contribution in [0.1, 0.15) is 39.0 Å². The van der Waals surface area contributed by atoms with E-state index in [1.807, 2.05) is 6.92 Å². The van der Waals surface area contributed by atoms with Crippen molar-refractivity contribution < 1.29 is 44.3 Å². The van der Waals surface area contributed by atoms with Crippen LogP contribution in [0.25, 0.3) is 0 Å². The fourth-order valence-electron chi connectivity index (χ4n) is 2.55. The van der Waals surface area contributed by atoms with E-state index in [4.69, 9.17) is 34.8 Å². The van der Waals surface area contributed by atoms with E-state index in [9.17, 15) is 9.59 Å². The van der Waals surface area contributed by atoms with E-state index in [1.165, 1.54) is 0 Å². The predicted molar refractivity (Wildman–Crippen MR) is 72.3 cm³/mol. The Kier molecular flexibility index (Phi) is 8.10. The van der Waals surface area contributed by atoms with Crippen LogP contribution in [0, 0.1) is 5.41 Å². The molecule has 0 bridgehead atoms. The van der Waals surface area contributed by atoms with Gasteiger partial charge in [0.25, 0.3) is 0 Å². The Labute approximate surface area is 126 Å². The molecule has 0 radical (unpaired) electrons. The van der Waals surface area contributed by atoms with Crippen molar-refractivity contribution in [3.8, 4) is 0 Å². The SMILES string of the molecule is CC1(C2CCCO2)CCCC(=O)C1=O.O=C(O)O.O=C(O)O. The summed E-state index contributed by atoms with van der Waals surface area (Å²) in [5.74, 6) is -0.398. The molecule has 126 valence electrons. The third-order valence-corrected chi connectivity index (χ3v) is 3.51.